The van der Waals surface area contributed by atoms with Crippen LogP contribution in [0.25, 0.3) is 0 Å². The van der Waals surface area contributed by atoms with Crippen LogP contribution < -0.4 is 0 Å². The molecule has 0 saturated carbocycles. The lowest BCUT2D eigenvalue weighted by Crippen LogP contribution is -2.41. The average molecular weight is 242 g/mol. The van der Waals surface area contributed by atoms with E-state index >= 15 is 0 Å². The molecule has 2 nitrogen and oxygen atoms in total. The molecule has 0 saturated heterocycles. The summed E-state index contributed by atoms with van der Waals surface area (Å²) in [5.74, 6) is 0. The van der Waals surface area contributed by atoms with Crippen LogP contribution in [0.1, 0.15) is 39.5 Å². The second-order valence-electron chi connectivity index (χ2n) is 5.38. The van der Waals surface area contributed by atoms with E-state index < -0.39 is 8.32 Å². The van der Waals surface area contributed by atoms with Crippen molar-refractivity contribution in [3.05, 3.63) is 16.6 Å². The van der Waals surface area contributed by atoms with E-state index in [9.17, 15) is 0 Å². The standard InChI is InChI=1S/C11H20NOSSi/c1-9(10-7-14-8-12-10)13-15(5,6)11(2,3)4/h7,9H,1-6H3/t9-/m1/s1. The highest BCUT2D eigenvalue weighted by Gasteiger charge is 2.38. The second-order valence-corrected chi connectivity index (χ2v) is 10.8. The highest BCUT2D eigenvalue weighted by molar-refractivity contribution is 7.07. The zero-order valence-electron chi connectivity index (χ0n) is 10.4. The van der Waals surface area contributed by atoms with Gasteiger partial charge in [0.2, 0.25) is 0 Å². The summed E-state index contributed by atoms with van der Waals surface area (Å²) in [5, 5.41) is 2.26. The van der Waals surface area contributed by atoms with E-state index in [1.165, 1.54) is 11.3 Å². The Bertz CT molecular complexity index is 303. The number of rotatable bonds is 3. The predicted octanol–water partition coefficient (Wildman–Crippen LogP) is 4.03. The molecular weight excluding hydrogens is 222 g/mol. The van der Waals surface area contributed by atoms with E-state index in [1.807, 2.05) is 5.38 Å². The maximum atomic E-state index is 6.21. The van der Waals surface area contributed by atoms with Gasteiger partial charge in [-0.3, -0.25) is 0 Å². The van der Waals surface area contributed by atoms with E-state index in [-0.39, 0.29) is 11.1 Å². The minimum atomic E-state index is -1.67. The van der Waals surface area contributed by atoms with Gasteiger partial charge in [-0.1, -0.05) is 20.8 Å². The Labute approximate surface area is 97.8 Å². The molecule has 0 N–H and O–H groups in total. The molecule has 1 aromatic rings. The normalized spacial score (nSPS) is 15.3. The summed E-state index contributed by atoms with van der Waals surface area (Å²) in [4.78, 5) is 4.17. The molecule has 1 aromatic heterocycles. The van der Waals surface area contributed by atoms with Gasteiger partial charge in [-0.25, -0.2) is 4.98 Å². The van der Waals surface area contributed by atoms with Crippen molar-refractivity contribution in [1.82, 2.24) is 4.98 Å². The summed E-state index contributed by atoms with van der Waals surface area (Å²) in [5.41, 5.74) is 3.87. The molecule has 1 atom stereocenters. The molecule has 1 radical (unpaired) electrons. The first-order valence-corrected chi connectivity index (χ1v) is 9.02. The van der Waals surface area contributed by atoms with Gasteiger partial charge in [0.25, 0.3) is 0 Å². The first-order chi connectivity index (χ1) is 6.74. The fourth-order valence-electron chi connectivity index (χ4n) is 1.06. The molecule has 4 heteroatoms. The number of aromatic nitrogens is 1. The summed E-state index contributed by atoms with van der Waals surface area (Å²) in [7, 11) is -1.67. The molecule has 1 rings (SSSR count). The van der Waals surface area contributed by atoms with E-state index in [0.29, 0.717) is 0 Å². The summed E-state index contributed by atoms with van der Waals surface area (Å²) < 4.78 is 6.21. The van der Waals surface area contributed by atoms with Crippen LogP contribution in [0, 0.1) is 5.51 Å². The molecule has 0 bridgehead atoms. The van der Waals surface area contributed by atoms with Crippen LogP contribution in [-0.2, 0) is 4.43 Å². The molecule has 0 unspecified atom stereocenters. The van der Waals surface area contributed by atoms with Gasteiger partial charge in [0, 0.05) is 5.38 Å². The molecule has 0 aliphatic carbocycles. The molecule has 0 amide bonds. The summed E-state index contributed by atoms with van der Waals surface area (Å²) in [6.45, 7) is 13.3. The Morgan fingerprint density at radius 2 is 2.07 bits per heavy atom. The molecule has 0 aliphatic rings. The largest absolute Gasteiger partial charge is 0.409 e. The topological polar surface area (TPSA) is 22.1 Å². The van der Waals surface area contributed by atoms with Crippen molar-refractivity contribution in [2.45, 2.75) is 51.9 Å². The lowest BCUT2D eigenvalue weighted by Gasteiger charge is -2.38. The number of nitrogens with zero attached hydrogens (tertiary/aromatic N) is 1. The van der Waals surface area contributed by atoms with Gasteiger partial charge in [0.15, 0.2) is 13.8 Å². The molecule has 15 heavy (non-hydrogen) atoms. The Kier molecular flexibility index (Phi) is 3.74. The van der Waals surface area contributed by atoms with Gasteiger partial charge >= 0.3 is 0 Å². The minimum Gasteiger partial charge on any atom is -0.409 e. The van der Waals surface area contributed by atoms with Gasteiger partial charge in [-0.05, 0) is 25.1 Å². The van der Waals surface area contributed by atoms with Crippen molar-refractivity contribution >= 4 is 19.7 Å². The van der Waals surface area contributed by atoms with Crippen LogP contribution in [-0.4, -0.2) is 13.3 Å². The van der Waals surface area contributed by atoms with Crippen molar-refractivity contribution in [1.29, 1.82) is 0 Å². The molecular formula is C11H20NOSSi. The van der Waals surface area contributed by atoms with Crippen LogP contribution in [0.2, 0.25) is 18.1 Å². The fourth-order valence-corrected chi connectivity index (χ4v) is 2.99. The van der Waals surface area contributed by atoms with E-state index in [2.05, 4.69) is 51.3 Å². The molecule has 0 fully saturated rings. The summed E-state index contributed by atoms with van der Waals surface area (Å²) in [6, 6.07) is 0. The van der Waals surface area contributed by atoms with Gasteiger partial charge in [0.1, 0.15) is 0 Å². The first-order valence-electron chi connectivity index (χ1n) is 5.23. The quantitative estimate of drug-likeness (QED) is 0.747. The van der Waals surface area contributed by atoms with Gasteiger partial charge in [0.05, 0.1) is 11.8 Å². The van der Waals surface area contributed by atoms with Crippen LogP contribution >= 0.6 is 11.3 Å². The van der Waals surface area contributed by atoms with Crippen LogP contribution in [0.3, 0.4) is 0 Å². The van der Waals surface area contributed by atoms with E-state index in [4.69, 9.17) is 4.43 Å². The highest BCUT2D eigenvalue weighted by Crippen LogP contribution is 2.39. The maximum absolute atomic E-state index is 6.21. The Morgan fingerprint density at radius 3 is 2.47 bits per heavy atom. The third-order valence-corrected chi connectivity index (χ3v) is 8.21. The zero-order chi connectivity index (χ0) is 11.7. The lowest BCUT2D eigenvalue weighted by atomic mass is 10.2. The van der Waals surface area contributed by atoms with Crippen molar-refractivity contribution in [2.24, 2.45) is 0 Å². The SMILES string of the molecule is C[C@@H](O[Si](C)(C)C(C)(C)C)c1cs[c]n1. The summed E-state index contributed by atoms with van der Waals surface area (Å²) >= 11 is 1.50. The molecule has 0 aliphatic heterocycles. The van der Waals surface area contributed by atoms with Crippen molar-refractivity contribution in [3.8, 4) is 0 Å². The number of hydrogen-bond donors (Lipinski definition) is 0. The molecule has 0 aromatic carbocycles. The number of thiazole rings is 1. The average Bonchev–Trinajstić information content (AvgIpc) is 2.51. The number of hydrogen-bond acceptors (Lipinski definition) is 3. The minimum absolute atomic E-state index is 0.0911. The predicted molar refractivity (Wildman–Crippen MR) is 67.6 cm³/mol. The van der Waals surface area contributed by atoms with Gasteiger partial charge in [-0.2, -0.15) is 0 Å². The third-order valence-electron chi connectivity index (χ3n) is 3.10. The zero-order valence-corrected chi connectivity index (χ0v) is 12.2. The molecule has 1 heterocycles. The van der Waals surface area contributed by atoms with Crippen LogP contribution in [0.5, 0.6) is 0 Å². The van der Waals surface area contributed by atoms with Crippen molar-refractivity contribution < 1.29 is 4.43 Å². The van der Waals surface area contributed by atoms with Gasteiger partial charge < -0.3 is 4.43 Å². The monoisotopic (exact) mass is 242 g/mol. The van der Waals surface area contributed by atoms with Crippen molar-refractivity contribution in [3.63, 3.8) is 0 Å². The van der Waals surface area contributed by atoms with E-state index in [0.717, 1.165) is 5.69 Å². The smallest absolute Gasteiger partial charge is 0.192 e. The lowest BCUT2D eigenvalue weighted by molar-refractivity contribution is 0.199. The summed E-state index contributed by atoms with van der Waals surface area (Å²) in [6.07, 6.45) is 0.0911. The molecule has 0 spiro atoms. The van der Waals surface area contributed by atoms with E-state index in [1.54, 1.807) is 0 Å². The Hall–Kier alpha value is -0.193. The Balaban J connectivity index is 2.70. The van der Waals surface area contributed by atoms with Crippen molar-refractivity contribution in [2.75, 3.05) is 0 Å². The van der Waals surface area contributed by atoms with Gasteiger partial charge in [-0.15, -0.1) is 11.3 Å². The second kappa shape index (κ2) is 4.35. The highest BCUT2D eigenvalue weighted by atomic mass is 32.1. The maximum Gasteiger partial charge on any atom is 0.192 e. The third kappa shape index (κ3) is 3.13. The fraction of sp³-hybridized carbons (Fsp3) is 0.727. The Morgan fingerprint density at radius 1 is 1.47 bits per heavy atom. The van der Waals surface area contributed by atoms with Crippen LogP contribution in [0.15, 0.2) is 5.38 Å². The van der Waals surface area contributed by atoms with Crippen LogP contribution in [0.4, 0.5) is 0 Å². The molecule has 85 valence electrons. The first kappa shape index (κ1) is 12.9.